The van der Waals surface area contributed by atoms with E-state index in [9.17, 15) is 9.18 Å². The third-order valence-electron chi connectivity index (χ3n) is 3.62. The number of hydrogen-bond acceptors (Lipinski definition) is 4. The first-order valence-electron chi connectivity index (χ1n) is 7.90. The van der Waals surface area contributed by atoms with Crippen LogP contribution in [-0.2, 0) is 6.42 Å². The van der Waals surface area contributed by atoms with Crippen LogP contribution in [0.1, 0.15) is 23.0 Å². The zero-order chi connectivity index (χ0) is 17.6. The van der Waals surface area contributed by atoms with Crippen molar-refractivity contribution in [2.75, 3.05) is 10.6 Å². The lowest BCUT2D eigenvalue weighted by Gasteiger charge is -2.10. The molecule has 6 heteroatoms. The Hall–Kier alpha value is -3.28. The lowest BCUT2D eigenvalue weighted by atomic mass is 10.1. The third kappa shape index (κ3) is 4.17. The molecule has 0 bridgehead atoms. The Morgan fingerprint density at radius 3 is 2.76 bits per heavy atom. The Labute approximate surface area is 145 Å². The van der Waals surface area contributed by atoms with E-state index < -0.39 is 0 Å². The van der Waals surface area contributed by atoms with E-state index in [0.717, 1.165) is 17.7 Å². The molecular formula is C19H17FN4O. The SMILES string of the molecule is CCc1ccccc1NC(=O)c1ccnc(Nc2cccc(F)c2)n1. The zero-order valence-corrected chi connectivity index (χ0v) is 13.7. The largest absolute Gasteiger partial charge is 0.324 e. The van der Waals surface area contributed by atoms with Gasteiger partial charge in [-0.1, -0.05) is 31.2 Å². The Balaban J connectivity index is 1.77. The second kappa shape index (κ2) is 7.53. The molecule has 5 nitrogen and oxygen atoms in total. The summed E-state index contributed by atoms with van der Waals surface area (Å²) >= 11 is 0. The molecule has 2 aromatic carbocycles. The van der Waals surface area contributed by atoms with E-state index in [1.807, 2.05) is 31.2 Å². The van der Waals surface area contributed by atoms with Crippen molar-refractivity contribution in [2.45, 2.75) is 13.3 Å². The Morgan fingerprint density at radius 2 is 1.96 bits per heavy atom. The van der Waals surface area contributed by atoms with Crippen LogP contribution in [0.2, 0.25) is 0 Å². The monoisotopic (exact) mass is 336 g/mol. The molecule has 0 fully saturated rings. The Kier molecular flexibility index (Phi) is 4.99. The number of hydrogen-bond donors (Lipinski definition) is 2. The maximum atomic E-state index is 13.2. The van der Waals surface area contributed by atoms with Crippen molar-refractivity contribution in [3.63, 3.8) is 0 Å². The second-order valence-electron chi connectivity index (χ2n) is 5.37. The summed E-state index contributed by atoms with van der Waals surface area (Å²) in [6.07, 6.45) is 2.29. The number of rotatable bonds is 5. The van der Waals surface area contributed by atoms with Gasteiger partial charge in [0.15, 0.2) is 0 Å². The van der Waals surface area contributed by atoms with E-state index in [1.54, 1.807) is 12.1 Å². The number of nitrogens with zero attached hydrogens (tertiary/aromatic N) is 2. The van der Waals surface area contributed by atoms with Gasteiger partial charge in [-0.15, -0.1) is 0 Å². The molecule has 25 heavy (non-hydrogen) atoms. The van der Waals surface area contributed by atoms with Gasteiger partial charge in [-0.05, 0) is 42.3 Å². The molecule has 3 rings (SSSR count). The minimum Gasteiger partial charge on any atom is -0.324 e. The molecule has 0 unspecified atom stereocenters. The molecule has 1 aromatic heterocycles. The predicted molar refractivity (Wildman–Crippen MR) is 95.5 cm³/mol. The molecule has 0 radical (unpaired) electrons. The molecule has 0 saturated heterocycles. The molecule has 0 atom stereocenters. The number of carbonyl (C=O) groups excluding carboxylic acids is 1. The number of benzene rings is 2. The number of carbonyl (C=O) groups is 1. The number of aryl methyl sites for hydroxylation is 1. The van der Waals surface area contributed by atoms with Crippen LogP contribution >= 0.6 is 0 Å². The minimum absolute atomic E-state index is 0.222. The zero-order valence-electron chi connectivity index (χ0n) is 13.7. The van der Waals surface area contributed by atoms with Crippen LogP contribution in [0.25, 0.3) is 0 Å². The average molecular weight is 336 g/mol. The first-order valence-corrected chi connectivity index (χ1v) is 7.90. The van der Waals surface area contributed by atoms with Crippen LogP contribution in [0.15, 0.2) is 60.8 Å². The van der Waals surface area contributed by atoms with Gasteiger partial charge in [0.25, 0.3) is 5.91 Å². The number of amides is 1. The molecule has 126 valence electrons. The summed E-state index contributed by atoms with van der Waals surface area (Å²) in [5, 5.41) is 5.75. The highest BCUT2D eigenvalue weighted by Crippen LogP contribution is 2.17. The van der Waals surface area contributed by atoms with Crippen LogP contribution in [0, 0.1) is 5.82 Å². The first kappa shape index (κ1) is 16.6. The van der Waals surface area contributed by atoms with E-state index in [2.05, 4.69) is 20.6 Å². The summed E-state index contributed by atoms with van der Waals surface area (Å²) in [7, 11) is 0. The van der Waals surface area contributed by atoms with Gasteiger partial charge >= 0.3 is 0 Å². The van der Waals surface area contributed by atoms with Crippen LogP contribution in [0.3, 0.4) is 0 Å². The molecule has 0 aliphatic rings. The maximum Gasteiger partial charge on any atom is 0.274 e. The summed E-state index contributed by atoms with van der Waals surface area (Å²) in [4.78, 5) is 20.7. The van der Waals surface area contributed by atoms with Gasteiger partial charge in [0.1, 0.15) is 11.5 Å². The normalized spacial score (nSPS) is 10.3. The van der Waals surface area contributed by atoms with Crippen molar-refractivity contribution >= 4 is 23.2 Å². The van der Waals surface area contributed by atoms with Crippen LogP contribution < -0.4 is 10.6 Å². The lowest BCUT2D eigenvalue weighted by molar-refractivity contribution is 0.102. The van der Waals surface area contributed by atoms with Gasteiger partial charge in [0.05, 0.1) is 0 Å². The standard InChI is InChI=1S/C19H17FN4O/c1-2-13-6-3-4-9-16(13)23-18(25)17-10-11-21-19(24-17)22-15-8-5-7-14(20)12-15/h3-12H,2H2,1H3,(H,23,25)(H,21,22,24). The quantitative estimate of drug-likeness (QED) is 0.734. The van der Waals surface area contributed by atoms with Crippen molar-refractivity contribution in [1.29, 1.82) is 0 Å². The third-order valence-corrected chi connectivity index (χ3v) is 3.62. The van der Waals surface area contributed by atoms with E-state index in [4.69, 9.17) is 0 Å². The van der Waals surface area contributed by atoms with E-state index in [0.29, 0.717) is 5.69 Å². The molecule has 0 aliphatic carbocycles. The van der Waals surface area contributed by atoms with Crippen molar-refractivity contribution < 1.29 is 9.18 Å². The van der Waals surface area contributed by atoms with E-state index in [-0.39, 0.29) is 23.4 Å². The van der Waals surface area contributed by atoms with E-state index in [1.165, 1.54) is 24.4 Å². The Morgan fingerprint density at radius 1 is 1.12 bits per heavy atom. The minimum atomic E-state index is -0.366. The van der Waals surface area contributed by atoms with Gasteiger partial charge in [-0.2, -0.15) is 0 Å². The summed E-state index contributed by atoms with van der Waals surface area (Å²) in [5.41, 5.74) is 2.53. The fraction of sp³-hybridized carbons (Fsp3) is 0.105. The highest BCUT2D eigenvalue weighted by Gasteiger charge is 2.11. The van der Waals surface area contributed by atoms with Crippen LogP contribution in [0.4, 0.5) is 21.7 Å². The Bertz CT molecular complexity index is 898. The number of anilines is 3. The van der Waals surface area contributed by atoms with Crippen molar-refractivity contribution in [1.82, 2.24) is 9.97 Å². The number of aromatic nitrogens is 2. The predicted octanol–water partition coefficient (Wildman–Crippen LogP) is 4.17. The highest BCUT2D eigenvalue weighted by atomic mass is 19.1. The summed E-state index contributed by atoms with van der Waals surface area (Å²) < 4.78 is 13.2. The average Bonchev–Trinajstić information content (AvgIpc) is 2.62. The lowest BCUT2D eigenvalue weighted by Crippen LogP contribution is -2.15. The number of halogens is 1. The van der Waals surface area contributed by atoms with Crippen LogP contribution in [0.5, 0.6) is 0 Å². The van der Waals surface area contributed by atoms with Gasteiger partial charge in [-0.25, -0.2) is 14.4 Å². The van der Waals surface area contributed by atoms with Crippen molar-refractivity contribution in [2.24, 2.45) is 0 Å². The molecule has 1 heterocycles. The van der Waals surface area contributed by atoms with Gasteiger partial charge in [0.2, 0.25) is 5.95 Å². The molecule has 2 N–H and O–H groups in total. The topological polar surface area (TPSA) is 66.9 Å². The molecule has 0 saturated carbocycles. The number of para-hydroxylation sites is 1. The molecular weight excluding hydrogens is 319 g/mol. The van der Waals surface area contributed by atoms with Crippen molar-refractivity contribution in [3.05, 3.63) is 77.9 Å². The fourth-order valence-corrected chi connectivity index (χ4v) is 2.38. The van der Waals surface area contributed by atoms with Crippen LogP contribution in [-0.4, -0.2) is 15.9 Å². The van der Waals surface area contributed by atoms with Gasteiger partial charge < -0.3 is 10.6 Å². The summed E-state index contributed by atoms with van der Waals surface area (Å²) in [5.74, 6) is -0.470. The second-order valence-corrected chi connectivity index (χ2v) is 5.37. The first-order chi connectivity index (χ1) is 12.2. The molecule has 0 spiro atoms. The van der Waals surface area contributed by atoms with Gasteiger partial charge in [0, 0.05) is 17.6 Å². The summed E-state index contributed by atoms with van der Waals surface area (Å²) in [6, 6.07) is 15.1. The fourth-order valence-electron chi connectivity index (χ4n) is 2.38. The molecule has 3 aromatic rings. The van der Waals surface area contributed by atoms with Crippen molar-refractivity contribution in [3.8, 4) is 0 Å². The van der Waals surface area contributed by atoms with Gasteiger partial charge in [-0.3, -0.25) is 4.79 Å². The molecule has 0 aliphatic heterocycles. The number of nitrogens with one attached hydrogen (secondary N) is 2. The van der Waals surface area contributed by atoms with E-state index >= 15 is 0 Å². The smallest absolute Gasteiger partial charge is 0.274 e. The molecule has 1 amide bonds. The summed E-state index contributed by atoms with van der Waals surface area (Å²) in [6.45, 7) is 2.02. The highest BCUT2D eigenvalue weighted by molar-refractivity contribution is 6.03. The maximum absolute atomic E-state index is 13.2.